The Balaban J connectivity index is 2.23. The fraction of sp³-hybridized carbons (Fsp3) is 0.909. The molecule has 1 aliphatic carbocycles. The minimum atomic E-state index is -0.0205. The van der Waals surface area contributed by atoms with Crippen molar-refractivity contribution in [1.82, 2.24) is 5.32 Å². The molecule has 88 valence electrons. The van der Waals surface area contributed by atoms with Crippen LogP contribution in [0.3, 0.4) is 0 Å². The standard InChI is InChI=1S/C11H22N2O2/c1-11(5-3-2-4-6-11)13-10(14)9-15-8-7-12/h2-9,12H2,1H3,(H,13,14). The van der Waals surface area contributed by atoms with Crippen LogP contribution in [-0.4, -0.2) is 31.2 Å². The zero-order valence-corrected chi connectivity index (χ0v) is 9.55. The fourth-order valence-corrected chi connectivity index (χ4v) is 2.08. The van der Waals surface area contributed by atoms with E-state index in [-0.39, 0.29) is 18.1 Å². The molecule has 0 aromatic heterocycles. The van der Waals surface area contributed by atoms with Gasteiger partial charge in [-0.05, 0) is 19.8 Å². The normalized spacial score (nSPS) is 19.9. The summed E-state index contributed by atoms with van der Waals surface area (Å²) in [7, 11) is 0. The first kappa shape index (κ1) is 12.5. The van der Waals surface area contributed by atoms with Crippen LogP contribution in [0, 0.1) is 0 Å². The Morgan fingerprint density at radius 2 is 2.07 bits per heavy atom. The average Bonchev–Trinajstić information content (AvgIpc) is 2.18. The topological polar surface area (TPSA) is 64.3 Å². The van der Waals surface area contributed by atoms with Crippen molar-refractivity contribution in [3.8, 4) is 0 Å². The van der Waals surface area contributed by atoms with Crippen molar-refractivity contribution in [3.63, 3.8) is 0 Å². The fourth-order valence-electron chi connectivity index (χ4n) is 2.08. The second kappa shape index (κ2) is 6.08. The predicted octanol–water partition coefficient (Wildman–Crippen LogP) is 0.801. The number of nitrogens with one attached hydrogen (secondary N) is 1. The molecular weight excluding hydrogens is 192 g/mol. The number of hydrogen-bond acceptors (Lipinski definition) is 3. The van der Waals surface area contributed by atoms with Gasteiger partial charge in [0.2, 0.25) is 5.91 Å². The number of ether oxygens (including phenoxy) is 1. The third kappa shape index (κ3) is 4.62. The summed E-state index contributed by atoms with van der Waals surface area (Å²) in [6.07, 6.45) is 5.86. The lowest BCUT2D eigenvalue weighted by Gasteiger charge is -2.34. The molecule has 4 nitrogen and oxygen atoms in total. The molecule has 0 aliphatic heterocycles. The Hall–Kier alpha value is -0.610. The van der Waals surface area contributed by atoms with Crippen molar-refractivity contribution < 1.29 is 9.53 Å². The SMILES string of the molecule is CC1(NC(=O)COCCN)CCCCC1. The molecule has 4 heteroatoms. The van der Waals surface area contributed by atoms with Crippen LogP contribution in [0.15, 0.2) is 0 Å². The third-order valence-electron chi connectivity index (χ3n) is 2.89. The molecule has 3 N–H and O–H groups in total. The van der Waals surface area contributed by atoms with Gasteiger partial charge in [-0.3, -0.25) is 4.79 Å². The summed E-state index contributed by atoms with van der Waals surface area (Å²) in [5.74, 6) is -0.0205. The summed E-state index contributed by atoms with van der Waals surface area (Å²) in [5, 5.41) is 3.05. The van der Waals surface area contributed by atoms with Gasteiger partial charge >= 0.3 is 0 Å². The molecule has 15 heavy (non-hydrogen) atoms. The van der Waals surface area contributed by atoms with Crippen LogP contribution in [0.5, 0.6) is 0 Å². The largest absolute Gasteiger partial charge is 0.370 e. The van der Waals surface area contributed by atoms with Gasteiger partial charge in [-0.1, -0.05) is 19.3 Å². The maximum absolute atomic E-state index is 11.5. The maximum Gasteiger partial charge on any atom is 0.246 e. The lowest BCUT2D eigenvalue weighted by Crippen LogP contribution is -2.48. The molecule has 0 heterocycles. The van der Waals surface area contributed by atoms with E-state index in [9.17, 15) is 4.79 Å². The first-order valence-corrected chi connectivity index (χ1v) is 5.75. The summed E-state index contributed by atoms with van der Waals surface area (Å²) < 4.78 is 5.09. The van der Waals surface area contributed by atoms with E-state index in [0.717, 1.165) is 12.8 Å². The van der Waals surface area contributed by atoms with Crippen LogP contribution in [-0.2, 0) is 9.53 Å². The van der Waals surface area contributed by atoms with Crippen molar-refractivity contribution >= 4 is 5.91 Å². The van der Waals surface area contributed by atoms with Gasteiger partial charge in [0.25, 0.3) is 0 Å². The molecular formula is C11H22N2O2. The van der Waals surface area contributed by atoms with Crippen LogP contribution in [0.25, 0.3) is 0 Å². The minimum absolute atomic E-state index is 0.0125. The first-order chi connectivity index (χ1) is 7.16. The second-order valence-electron chi connectivity index (χ2n) is 4.51. The molecule has 0 aromatic rings. The van der Waals surface area contributed by atoms with Crippen LogP contribution >= 0.6 is 0 Å². The average molecular weight is 214 g/mol. The number of amides is 1. The molecule has 1 amide bonds. The Morgan fingerprint density at radius 3 is 2.67 bits per heavy atom. The van der Waals surface area contributed by atoms with E-state index in [0.29, 0.717) is 13.2 Å². The highest BCUT2D eigenvalue weighted by Crippen LogP contribution is 2.27. The van der Waals surface area contributed by atoms with E-state index in [1.54, 1.807) is 0 Å². The van der Waals surface area contributed by atoms with Gasteiger partial charge in [0.1, 0.15) is 6.61 Å². The minimum Gasteiger partial charge on any atom is -0.370 e. The lowest BCUT2D eigenvalue weighted by molar-refractivity contribution is -0.127. The molecule has 1 saturated carbocycles. The highest BCUT2D eigenvalue weighted by atomic mass is 16.5. The Morgan fingerprint density at radius 1 is 1.40 bits per heavy atom. The van der Waals surface area contributed by atoms with Gasteiger partial charge < -0.3 is 15.8 Å². The van der Waals surface area contributed by atoms with E-state index >= 15 is 0 Å². The molecule has 1 fully saturated rings. The maximum atomic E-state index is 11.5. The van der Waals surface area contributed by atoms with Gasteiger partial charge in [0.05, 0.1) is 6.61 Å². The quantitative estimate of drug-likeness (QED) is 0.665. The van der Waals surface area contributed by atoms with Crippen molar-refractivity contribution in [2.75, 3.05) is 19.8 Å². The number of hydrogen-bond donors (Lipinski definition) is 2. The van der Waals surface area contributed by atoms with Gasteiger partial charge in [0.15, 0.2) is 0 Å². The van der Waals surface area contributed by atoms with Gasteiger partial charge in [0, 0.05) is 12.1 Å². The lowest BCUT2D eigenvalue weighted by atomic mass is 9.83. The highest BCUT2D eigenvalue weighted by molar-refractivity contribution is 5.78. The van der Waals surface area contributed by atoms with Crippen LogP contribution < -0.4 is 11.1 Å². The summed E-state index contributed by atoms with van der Waals surface area (Å²) in [4.78, 5) is 11.5. The van der Waals surface area contributed by atoms with Crippen molar-refractivity contribution in [2.45, 2.75) is 44.6 Å². The van der Waals surface area contributed by atoms with Crippen molar-refractivity contribution in [3.05, 3.63) is 0 Å². The molecule has 0 saturated heterocycles. The molecule has 0 unspecified atom stereocenters. The van der Waals surface area contributed by atoms with Crippen LogP contribution in [0.4, 0.5) is 0 Å². The zero-order valence-electron chi connectivity index (χ0n) is 9.55. The number of nitrogens with two attached hydrogens (primary N) is 1. The van der Waals surface area contributed by atoms with E-state index < -0.39 is 0 Å². The molecule has 0 radical (unpaired) electrons. The zero-order chi connectivity index (χ0) is 11.1. The summed E-state index contributed by atoms with van der Waals surface area (Å²) >= 11 is 0. The number of carbonyl (C=O) groups excluding carboxylic acids is 1. The van der Waals surface area contributed by atoms with E-state index in [2.05, 4.69) is 12.2 Å². The predicted molar refractivity (Wildman–Crippen MR) is 59.5 cm³/mol. The summed E-state index contributed by atoms with van der Waals surface area (Å²) in [6.45, 7) is 3.16. The van der Waals surface area contributed by atoms with E-state index in [1.165, 1.54) is 19.3 Å². The Bertz CT molecular complexity index is 201. The van der Waals surface area contributed by atoms with Crippen molar-refractivity contribution in [1.29, 1.82) is 0 Å². The van der Waals surface area contributed by atoms with Crippen LogP contribution in [0.2, 0.25) is 0 Å². The van der Waals surface area contributed by atoms with Gasteiger partial charge in [-0.25, -0.2) is 0 Å². The van der Waals surface area contributed by atoms with Gasteiger partial charge in [-0.2, -0.15) is 0 Å². The van der Waals surface area contributed by atoms with E-state index in [1.807, 2.05) is 0 Å². The molecule has 0 atom stereocenters. The van der Waals surface area contributed by atoms with Crippen LogP contribution in [0.1, 0.15) is 39.0 Å². The number of rotatable bonds is 5. The third-order valence-corrected chi connectivity index (χ3v) is 2.89. The monoisotopic (exact) mass is 214 g/mol. The number of carbonyl (C=O) groups is 1. The molecule has 1 rings (SSSR count). The molecule has 0 spiro atoms. The van der Waals surface area contributed by atoms with E-state index in [4.69, 9.17) is 10.5 Å². The highest BCUT2D eigenvalue weighted by Gasteiger charge is 2.27. The smallest absolute Gasteiger partial charge is 0.246 e. The summed E-state index contributed by atoms with van der Waals surface area (Å²) in [5.41, 5.74) is 5.26. The molecule has 1 aliphatic rings. The first-order valence-electron chi connectivity index (χ1n) is 5.75. The van der Waals surface area contributed by atoms with Crippen molar-refractivity contribution in [2.24, 2.45) is 5.73 Å². The molecule has 0 bridgehead atoms. The second-order valence-corrected chi connectivity index (χ2v) is 4.51. The summed E-state index contributed by atoms with van der Waals surface area (Å²) in [6, 6.07) is 0. The Labute approximate surface area is 91.5 Å². The molecule has 0 aromatic carbocycles. The van der Waals surface area contributed by atoms with Gasteiger partial charge in [-0.15, -0.1) is 0 Å². The Kier molecular flexibility index (Phi) is 5.05.